The molecule has 24 heavy (non-hydrogen) atoms. The van der Waals surface area contributed by atoms with E-state index in [0.29, 0.717) is 5.41 Å². The van der Waals surface area contributed by atoms with Crippen LogP contribution in [0, 0.1) is 5.41 Å². The molecule has 0 amide bonds. The lowest BCUT2D eigenvalue weighted by Gasteiger charge is -2.09. The predicted octanol–water partition coefficient (Wildman–Crippen LogP) is 3.52. The van der Waals surface area contributed by atoms with Crippen molar-refractivity contribution in [3.05, 3.63) is 59.7 Å². The van der Waals surface area contributed by atoms with E-state index in [0.717, 1.165) is 24.0 Å². The van der Waals surface area contributed by atoms with E-state index in [4.69, 9.17) is 5.14 Å². The van der Waals surface area contributed by atoms with Crippen molar-refractivity contribution in [1.82, 2.24) is 0 Å². The molecular formula is C19H19NO3S. The highest BCUT2D eigenvalue weighted by molar-refractivity contribution is 7.89. The fourth-order valence-corrected chi connectivity index (χ4v) is 4.13. The van der Waals surface area contributed by atoms with Gasteiger partial charge in [0.05, 0.1) is 4.90 Å². The normalized spacial score (nSPS) is 19.0. The van der Waals surface area contributed by atoms with Crippen LogP contribution in [0.4, 0.5) is 0 Å². The van der Waals surface area contributed by atoms with E-state index in [2.05, 4.69) is 0 Å². The van der Waals surface area contributed by atoms with Gasteiger partial charge in [0, 0.05) is 0 Å². The zero-order chi connectivity index (χ0) is 16.9. The Morgan fingerprint density at radius 2 is 1.29 bits per heavy atom. The molecule has 124 valence electrons. The first-order valence-corrected chi connectivity index (χ1v) is 9.56. The van der Waals surface area contributed by atoms with Gasteiger partial charge in [-0.1, -0.05) is 24.3 Å². The van der Waals surface area contributed by atoms with Gasteiger partial charge in [0.15, 0.2) is 0 Å². The van der Waals surface area contributed by atoms with E-state index >= 15 is 0 Å². The zero-order valence-electron chi connectivity index (χ0n) is 13.2. The minimum atomic E-state index is -3.67. The third kappa shape index (κ3) is 2.74. The quantitative estimate of drug-likeness (QED) is 0.896. The molecule has 1 fully saturated rings. The van der Waals surface area contributed by atoms with Crippen molar-refractivity contribution < 1.29 is 13.5 Å². The number of sulfonamides is 1. The van der Waals surface area contributed by atoms with E-state index in [1.807, 2.05) is 24.3 Å². The van der Waals surface area contributed by atoms with E-state index in [1.165, 1.54) is 24.0 Å². The Morgan fingerprint density at radius 3 is 1.71 bits per heavy atom. The molecule has 2 aliphatic carbocycles. The van der Waals surface area contributed by atoms with Crippen molar-refractivity contribution in [2.24, 2.45) is 10.6 Å². The van der Waals surface area contributed by atoms with Crippen LogP contribution >= 0.6 is 0 Å². The van der Waals surface area contributed by atoms with Gasteiger partial charge < -0.3 is 5.11 Å². The number of rotatable bonds is 3. The monoisotopic (exact) mass is 341 g/mol. The number of primary sulfonamides is 1. The lowest BCUT2D eigenvalue weighted by Crippen LogP contribution is -2.11. The molecular weight excluding hydrogens is 322 g/mol. The van der Waals surface area contributed by atoms with Gasteiger partial charge in [-0.15, -0.1) is 0 Å². The van der Waals surface area contributed by atoms with Crippen molar-refractivity contribution in [3.8, 4) is 5.75 Å². The molecule has 0 aliphatic heterocycles. The summed E-state index contributed by atoms with van der Waals surface area (Å²) in [6, 6.07) is 14.2. The Morgan fingerprint density at radius 1 is 0.833 bits per heavy atom. The molecule has 4 nitrogen and oxygen atoms in total. The van der Waals surface area contributed by atoms with Crippen LogP contribution in [0.2, 0.25) is 0 Å². The maximum absolute atomic E-state index is 11.4. The summed E-state index contributed by atoms with van der Waals surface area (Å²) in [5.74, 6) is 0.262. The fourth-order valence-electron chi connectivity index (χ4n) is 3.62. The van der Waals surface area contributed by atoms with E-state index < -0.39 is 10.0 Å². The molecule has 1 saturated carbocycles. The second-order valence-corrected chi connectivity index (χ2v) is 8.49. The zero-order valence-corrected chi connectivity index (χ0v) is 14.0. The molecule has 2 aliphatic rings. The SMILES string of the molecule is NS(=O)(=O)c1ccc(C2=C(c3ccc(O)cc3)CC3(CC3)C2)cc1. The van der Waals surface area contributed by atoms with Crippen LogP contribution < -0.4 is 5.14 Å². The maximum Gasteiger partial charge on any atom is 0.238 e. The number of phenols is 1. The van der Waals surface area contributed by atoms with Crippen molar-refractivity contribution >= 4 is 21.2 Å². The number of allylic oxidation sites excluding steroid dienone is 2. The van der Waals surface area contributed by atoms with Gasteiger partial charge >= 0.3 is 0 Å². The average Bonchev–Trinajstić information content (AvgIpc) is 3.19. The Hall–Kier alpha value is -2.11. The molecule has 0 atom stereocenters. The molecule has 0 saturated heterocycles. The molecule has 2 aromatic rings. The molecule has 0 bridgehead atoms. The molecule has 5 heteroatoms. The van der Waals surface area contributed by atoms with Crippen molar-refractivity contribution in [2.45, 2.75) is 30.6 Å². The topological polar surface area (TPSA) is 80.4 Å². The third-order valence-electron chi connectivity index (χ3n) is 5.17. The number of hydrogen-bond acceptors (Lipinski definition) is 3. The number of hydrogen-bond donors (Lipinski definition) is 2. The van der Waals surface area contributed by atoms with E-state index in [9.17, 15) is 13.5 Å². The number of nitrogens with two attached hydrogens (primary N) is 1. The largest absolute Gasteiger partial charge is 0.508 e. The number of benzene rings is 2. The van der Waals surface area contributed by atoms with Crippen LogP contribution in [0.3, 0.4) is 0 Å². The molecule has 1 spiro atoms. The Kier molecular flexibility index (Phi) is 3.34. The minimum Gasteiger partial charge on any atom is -0.508 e. The van der Waals surface area contributed by atoms with Crippen molar-refractivity contribution in [1.29, 1.82) is 0 Å². The average molecular weight is 341 g/mol. The van der Waals surface area contributed by atoms with Crippen molar-refractivity contribution in [2.75, 3.05) is 0 Å². The number of aromatic hydroxyl groups is 1. The summed E-state index contributed by atoms with van der Waals surface area (Å²) in [5, 5.41) is 14.7. The highest BCUT2D eigenvalue weighted by atomic mass is 32.2. The third-order valence-corrected chi connectivity index (χ3v) is 6.10. The van der Waals surface area contributed by atoms with Crippen LogP contribution in [0.25, 0.3) is 11.1 Å². The molecule has 0 unspecified atom stereocenters. The minimum absolute atomic E-state index is 0.136. The van der Waals surface area contributed by atoms with Crippen molar-refractivity contribution in [3.63, 3.8) is 0 Å². The summed E-state index contributed by atoms with van der Waals surface area (Å²) in [7, 11) is -3.67. The first-order valence-electron chi connectivity index (χ1n) is 8.01. The smallest absolute Gasteiger partial charge is 0.238 e. The van der Waals surface area contributed by atoms with Gasteiger partial charge in [0.1, 0.15) is 5.75 Å². The summed E-state index contributed by atoms with van der Waals surface area (Å²) in [6.45, 7) is 0. The van der Waals surface area contributed by atoms with Gasteiger partial charge in [-0.2, -0.15) is 0 Å². The highest BCUT2D eigenvalue weighted by Crippen LogP contribution is 2.63. The fraction of sp³-hybridized carbons (Fsp3) is 0.263. The van der Waals surface area contributed by atoms with Gasteiger partial charge in [-0.25, -0.2) is 13.6 Å². The van der Waals surface area contributed by atoms with E-state index in [1.54, 1.807) is 24.3 Å². The van der Waals surface area contributed by atoms with Gasteiger partial charge in [-0.05, 0) is 77.6 Å². The number of phenolic OH excluding ortho intramolecular Hbond substituents is 1. The maximum atomic E-state index is 11.4. The molecule has 2 aromatic carbocycles. The van der Waals surface area contributed by atoms with E-state index in [-0.39, 0.29) is 10.6 Å². The van der Waals surface area contributed by atoms with Crippen LogP contribution in [-0.2, 0) is 10.0 Å². The first kappa shape index (κ1) is 15.4. The van der Waals surface area contributed by atoms with Gasteiger partial charge in [0.2, 0.25) is 10.0 Å². The van der Waals surface area contributed by atoms with Crippen LogP contribution in [0.5, 0.6) is 5.75 Å². The highest BCUT2D eigenvalue weighted by Gasteiger charge is 2.48. The van der Waals surface area contributed by atoms with Gasteiger partial charge in [-0.3, -0.25) is 0 Å². The lowest BCUT2D eigenvalue weighted by molar-refractivity contribution is 0.475. The lowest BCUT2D eigenvalue weighted by atomic mass is 9.97. The summed E-state index contributed by atoms with van der Waals surface area (Å²) >= 11 is 0. The Bertz CT molecular complexity index is 922. The molecule has 0 aromatic heterocycles. The van der Waals surface area contributed by atoms with Gasteiger partial charge in [0.25, 0.3) is 0 Å². The summed E-state index contributed by atoms with van der Waals surface area (Å²) in [5.41, 5.74) is 5.15. The predicted molar refractivity (Wildman–Crippen MR) is 93.6 cm³/mol. The second kappa shape index (κ2) is 5.19. The second-order valence-electron chi connectivity index (χ2n) is 6.93. The van der Waals surface area contributed by atoms with Crippen LogP contribution in [0.15, 0.2) is 53.4 Å². The standard InChI is InChI=1S/C19H19NO3S/c20-24(22,23)16-7-3-14(4-8-16)18-12-19(9-10-19)11-17(18)13-1-5-15(21)6-2-13/h1-8,21H,9-12H2,(H2,20,22,23). The molecule has 4 rings (SSSR count). The van der Waals surface area contributed by atoms with Crippen LogP contribution in [-0.4, -0.2) is 13.5 Å². The molecule has 0 radical (unpaired) electrons. The summed E-state index contributed by atoms with van der Waals surface area (Å²) in [6.07, 6.45) is 4.56. The first-order chi connectivity index (χ1) is 11.4. The van der Waals surface area contributed by atoms with Crippen LogP contribution in [0.1, 0.15) is 36.8 Å². The Labute approximate surface area is 141 Å². The molecule has 3 N–H and O–H groups in total. The molecule has 0 heterocycles. The summed E-state index contributed by atoms with van der Waals surface area (Å²) in [4.78, 5) is 0.136. The Balaban J connectivity index is 1.77. The summed E-state index contributed by atoms with van der Waals surface area (Å²) < 4.78 is 22.9.